The second-order valence-electron chi connectivity index (χ2n) is 6.28. The van der Waals surface area contributed by atoms with E-state index < -0.39 is 0 Å². The summed E-state index contributed by atoms with van der Waals surface area (Å²) in [5, 5.41) is 0. The van der Waals surface area contributed by atoms with Crippen molar-refractivity contribution in [2.45, 2.75) is 33.1 Å². The molecule has 0 aromatic heterocycles. The number of hydrogen-bond donors (Lipinski definition) is 0. The van der Waals surface area contributed by atoms with Gasteiger partial charge in [-0.05, 0) is 49.9 Å². The smallest absolute Gasteiger partial charge is 0.228 e. The van der Waals surface area contributed by atoms with Gasteiger partial charge < -0.3 is 9.80 Å². The maximum atomic E-state index is 12.5. The SMILES string of the molecule is Cc1cc(C)cc(N2C[C@@H](C(=O)N3CCCC3)CC2=O)c1. The lowest BCUT2D eigenvalue weighted by Crippen LogP contribution is -2.35. The van der Waals surface area contributed by atoms with Crippen molar-refractivity contribution in [1.29, 1.82) is 0 Å². The highest BCUT2D eigenvalue weighted by Gasteiger charge is 2.37. The van der Waals surface area contributed by atoms with Crippen LogP contribution in [0.25, 0.3) is 0 Å². The van der Waals surface area contributed by atoms with Gasteiger partial charge in [-0.25, -0.2) is 0 Å². The van der Waals surface area contributed by atoms with Gasteiger partial charge in [-0.3, -0.25) is 9.59 Å². The molecule has 0 saturated carbocycles. The summed E-state index contributed by atoms with van der Waals surface area (Å²) in [5.41, 5.74) is 3.22. The molecule has 0 spiro atoms. The van der Waals surface area contributed by atoms with E-state index in [-0.39, 0.29) is 17.7 Å². The van der Waals surface area contributed by atoms with Crippen LogP contribution in [0.2, 0.25) is 0 Å². The van der Waals surface area contributed by atoms with E-state index in [0.29, 0.717) is 13.0 Å². The maximum absolute atomic E-state index is 12.5. The number of benzene rings is 1. The Bertz CT molecular complexity index is 556. The molecule has 0 unspecified atom stereocenters. The molecular weight excluding hydrogens is 264 g/mol. The maximum Gasteiger partial charge on any atom is 0.228 e. The van der Waals surface area contributed by atoms with E-state index in [1.807, 2.05) is 30.9 Å². The fraction of sp³-hybridized carbons (Fsp3) is 0.529. The van der Waals surface area contributed by atoms with Gasteiger partial charge >= 0.3 is 0 Å². The summed E-state index contributed by atoms with van der Waals surface area (Å²) in [6.45, 7) is 6.30. The Kier molecular flexibility index (Phi) is 3.70. The molecule has 0 N–H and O–H groups in total. The summed E-state index contributed by atoms with van der Waals surface area (Å²) in [4.78, 5) is 28.4. The van der Waals surface area contributed by atoms with E-state index in [0.717, 1.165) is 42.7 Å². The molecule has 4 nitrogen and oxygen atoms in total. The molecule has 1 aromatic rings. The Morgan fingerprint density at radius 1 is 1.10 bits per heavy atom. The molecule has 112 valence electrons. The first kappa shape index (κ1) is 14.1. The molecule has 2 aliphatic rings. The summed E-state index contributed by atoms with van der Waals surface area (Å²) in [7, 11) is 0. The molecule has 2 amide bonds. The highest BCUT2D eigenvalue weighted by Crippen LogP contribution is 2.28. The number of aryl methyl sites for hydroxylation is 2. The molecule has 3 rings (SSSR count). The Labute approximate surface area is 125 Å². The molecule has 21 heavy (non-hydrogen) atoms. The van der Waals surface area contributed by atoms with E-state index in [1.54, 1.807) is 4.90 Å². The van der Waals surface area contributed by atoms with Crippen molar-refractivity contribution in [2.24, 2.45) is 5.92 Å². The van der Waals surface area contributed by atoms with Crippen LogP contribution in [0.3, 0.4) is 0 Å². The van der Waals surface area contributed by atoms with Gasteiger partial charge in [-0.15, -0.1) is 0 Å². The molecular formula is C17H22N2O2. The zero-order valence-electron chi connectivity index (χ0n) is 12.8. The molecule has 2 saturated heterocycles. The number of nitrogens with zero attached hydrogens (tertiary/aromatic N) is 2. The summed E-state index contributed by atoms with van der Waals surface area (Å²) in [6, 6.07) is 6.14. The van der Waals surface area contributed by atoms with Gasteiger partial charge in [-0.2, -0.15) is 0 Å². The van der Waals surface area contributed by atoms with Crippen molar-refractivity contribution in [1.82, 2.24) is 4.90 Å². The van der Waals surface area contributed by atoms with Crippen LogP contribution >= 0.6 is 0 Å². The van der Waals surface area contributed by atoms with Gasteiger partial charge in [0, 0.05) is 31.7 Å². The standard InChI is InChI=1S/C17H22N2O2/c1-12-7-13(2)9-15(8-12)19-11-14(10-16(19)20)17(21)18-5-3-4-6-18/h7-9,14H,3-6,10-11H2,1-2H3/t14-/m0/s1. The molecule has 2 aliphatic heterocycles. The molecule has 0 aliphatic carbocycles. The molecule has 2 fully saturated rings. The van der Waals surface area contributed by atoms with Crippen molar-refractivity contribution in [2.75, 3.05) is 24.5 Å². The Morgan fingerprint density at radius 3 is 2.33 bits per heavy atom. The van der Waals surface area contributed by atoms with Gasteiger partial charge in [0.15, 0.2) is 0 Å². The van der Waals surface area contributed by atoms with Gasteiger partial charge in [-0.1, -0.05) is 6.07 Å². The molecule has 0 bridgehead atoms. The predicted octanol–water partition coefficient (Wildman–Crippen LogP) is 2.28. The first-order valence-corrected chi connectivity index (χ1v) is 7.72. The predicted molar refractivity (Wildman–Crippen MR) is 82.2 cm³/mol. The zero-order chi connectivity index (χ0) is 15.0. The van der Waals surface area contributed by atoms with Crippen molar-refractivity contribution < 1.29 is 9.59 Å². The topological polar surface area (TPSA) is 40.6 Å². The van der Waals surface area contributed by atoms with E-state index in [9.17, 15) is 9.59 Å². The molecule has 1 atom stereocenters. The molecule has 2 heterocycles. The minimum atomic E-state index is -0.170. The number of amides is 2. The minimum Gasteiger partial charge on any atom is -0.342 e. The lowest BCUT2D eigenvalue weighted by Gasteiger charge is -2.21. The minimum absolute atomic E-state index is 0.0672. The fourth-order valence-corrected chi connectivity index (χ4v) is 3.42. The summed E-state index contributed by atoms with van der Waals surface area (Å²) in [5.74, 6) is 0.0571. The van der Waals surface area contributed by atoms with Gasteiger partial charge in [0.25, 0.3) is 0 Å². The number of likely N-dealkylation sites (tertiary alicyclic amines) is 1. The number of anilines is 1. The van der Waals surface area contributed by atoms with Crippen LogP contribution in [0, 0.1) is 19.8 Å². The van der Waals surface area contributed by atoms with Gasteiger partial charge in [0.2, 0.25) is 11.8 Å². The van der Waals surface area contributed by atoms with E-state index in [1.165, 1.54) is 0 Å². The zero-order valence-corrected chi connectivity index (χ0v) is 12.8. The second-order valence-corrected chi connectivity index (χ2v) is 6.28. The van der Waals surface area contributed by atoms with E-state index >= 15 is 0 Å². The summed E-state index contributed by atoms with van der Waals surface area (Å²) < 4.78 is 0. The van der Waals surface area contributed by atoms with Crippen molar-refractivity contribution >= 4 is 17.5 Å². The van der Waals surface area contributed by atoms with Crippen LogP contribution in [0.5, 0.6) is 0 Å². The molecule has 4 heteroatoms. The van der Waals surface area contributed by atoms with Crippen molar-refractivity contribution in [3.8, 4) is 0 Å². The first-order chi connectivity index (χ1) is 10.0. The number of hydrogen-bond acceptors (Lipinski definition) is 2. The number of carbonyl (C=O) groups excluding carboxylic acids is 2. The third-order valence-corrected chi connectivity index (χ3v) is 4.41. The van der Waals surface area contributed by atoms with Crippen LogP contribution in [-0.4, -0.2) is 36.3 Å². The molecule has 0 radical (unpaired) electrons. The third-order valence-electron chi connectivity index (χ3n) is 4.41. The Morgan fingerprint density at radius 2 is 1.71 bits per heavy atom. The van der Waals surface area contributed by atoms with E-state index in [2.05, 4.69) is 6.07 Å². The lowest BCUT2D eigenvalue weighted by atomic mass is 10.1. The van der Waals surface area contributed by atoms with Crippen LogP contribution in [-0.2, 0) is 9.59 Å². The van der Waals surface area contributed by atoms with Crippen LogP contribution < -0.4 is 4.90 Å². The average Bonchev–Trinajstić information content (AvgIpc) is 3.05. The van der Waals surface area contributed by atoms with Crippen LogP contribution in [0.1, 0.15) is 30.4 Å². The van der Waals surface area contributed by atoms with Gasteiger partial charge in [0.1, 0.15) is 0 Å². The second kappa shape index (κ2) is 5.51. The quantitative estimate of drug-likeness (QED) is 0.837. The Hall–Kier alpha value is -1.84. The highest BCUT2D eigenvalue weighted by atomic mass is 16.2. The third kappa shape index (κ3) is 2.80. The number of rotatable bonds is 2. The summed E-state index contributed by atoms with van der Waals surface area (Å²) in [6.07, 6.45) is 2.53. The molecule has 1 aromatic carbocycles. The largest absolute Gasteiger partial charge is 0.342 e. The summed E-state index contributed by atoms with van der Waals surface area (Å²) >= 11 is 0. The van der Waals surface area contributed by atoms with E-state index in [4.69, 9.17) is 0 Å². The van der Waals surface area contributed by atoms with Crippen molar-refractivity contribution in [3.63, 3.8) is 0 Å². The first-order valence-electron chi connectivity index (χ1n) is 7.72. The normalized spacial score (nSPS) is 22.2. The van der Waals surface area contributed by atoms with Crippen LogP contribution in [0.15, 0.2) is 18.2 Å². The average molecular weight is 286 g/mol. The van der Waals surface area contributed by atoms with Gasteiger partial charge in [0.05, 0.1) is 5.92 Å². The fourth-order valence-electron chi connectivity index (χ4n) is 3.42. The lowest BCUT2D eigenvalue weighted by molar-refractivity contribution is -0.134. The van der Waals surface area contributed by atoms with Crippen molar-refractivity contribution in [3.05, 3.63) is 29.3 Å². The monoisotopic (exact) mass is 286 g/mol. The number of carbonyl (C=O) groups is 2. The Balaban J connectivity index is 1.76. The highest BCUT2D eigenvalue weighted by molar-refractivity contribution is 6.00. The van der Waals surface area contributed by atoms with Crippen LogP contribution in [0.4, 0.5) is 5.69 Å².